The number of nitrogens with one attached hydrogen (secondary N) is 2. The number of anilines is 2. The number of carbonyl (C=O) groups excluding carboxylic acids is 2. The van der Waals surface area contributed by atoms with Crippen LogP contribution in [-0.2, 0) is 9.59 Å². The maximum atomic E-state index is 12.2. The Balaban J connectivity index is 1.55. The van der Waals surface area contributed by atoms with E-state index in [1.54, 1.807) is 14.2 Å². The molecule has 2 aromatic rings. The summed E-state index contributed by atoms with van der Waals surface area (Å²) in [5.41, 5.74) is 3.64. The lowest BCUT2D eigenvalue weighted by molar-refractivity contribution is -0.117. The first-order chi connectivity index (χ1) is 15.4. The quantitative estimate of drug-likeness (QED) is 0.374. The van der Waals surface area contributed by atoms with E-state index >= 15 is 0 Å². The second-order valence-corrected chi connectivity index (χ2v) is 8.08. The predicted octanol–water partition coefficient (Wildman–Crippen LogP) is 6.02. The van der Waals surface area contributed by atoms with Crippen LogP contribution in [0.2, 0.25) is 0 Å². The minimum Gasteiger partial charge on any atom is -0.497 e. The van der Waals surface area contributed by atoms with E-state index in [0.717, 1.165) is 72.5 Å². The Morgan fingerprint density at radius 1 is 0.656 bits per heavy atom. The highest BCUT2D eigenvalue weighted by Crippen LogP contribution is 2.23. The van der Waals surface area contributed by atoms with E-state index in [-0.39, 0.29) is 11.8 Å². The van der Waals surface area contributed by atoms with Gasteiger partial charge in [0, 0.05) is 36.3 Å². The summed E-state index contributed by atoms with van der Waals surface area (Å²) in [5.74, 6) is 1.54. The maximum absolute atomic E-state index is 12.2. The van der Waals surface area contributed by atoms with E-state index in [1.807, 2.05) is 50.2 Å². The van der Waals surface area contributed by atoms with Gasteiger partial charge in [0.15, 0.2) is 0 Å². The van der Waals surface area contributed by atoms with Crippen LogP contribution in [0.1, 0.15) is 62.5 Å². The van der Waals surface area contributed by atoms with E-state index in [0.29, 0.717) is 12.8 Å². The van der Waals surface area contributed by atoms with Gasteiger partial charge in [-0.25, -0.2) is 0 Å². The van der Waals surface area contributed by atoms with E-state index in [4.69, 9.17) is 9.47 Å². The maximum Gasteiger partial charge on any atom is 0.224 e. The predicted molar refractivity (Wildman–Crippen MR) is 130 cm³/mol. The Kier molecular flexibility index (Phi) is 10.6. The van der Waals surface area contributed by atoms with Crippen LogP contribution < -0.4 is 20.1 Å². The molecule has 0 aromatic heterocycles. The molecule has 0 saturated carbocycles. The Morgan fingerprint density at radius 3 is 1.41 bits per heavy atom. The van der Waals surface area contributed by atoms with Gasteiger partial charge in [0.05, 0.1) is 14.2 Å². The number of carbonyl (C=O) groups is 2. The van der Waals surface area contributed by atoms with Crippen molar-refractivity contribution in [2.75, 3.05) is 24.9 Å². The molecule has 0 aliphatic rings. The number of unbranched alkanes of at least 4 members (excludes halogenated alkanes) is 5. The molecule has 0 unspecified atom stereocenters. The standard InChI is InChI=1S/C26H36N2O4/c1-19-13-15-21(31-3)17-23(19)27-25(29)11-9-7-5-6-8-10-12-26(30)28-24-18-22(32-4)16-14-20(24)2/h13-18H,5-12H2,1-4H3,(H,27,29)(H,28,30). The van der Waals surface area contributed by atoms with Crippen LogP contribution in [0.15, 0.2) is 36.4 Å². The molecular weight excluding hydrogens is 404 g/mol. The number of hydrogen-bond acceptors (Lipinski definition) is 4. The monoisotopic (exact) mass is 440 g/mol. The number of hydrogen-bond donors (Lipinski definition) is 2. The topological polar surface area (TPSA) is 76.7 Å². The van der Waals surface area contributed by atoms with E-state index in [9.17, 15) is 9.59 Å². The molecule has 2 amide bonds. The SMILES string of the molecule is COc1ccc(C)c(NC(=O)CCCCCCCCC(=O)Nc2cc(OC)ccc2C)c1. The van der Waals surface area contributed by atoms with E-state index < -0.39 is 0 Å². The Morgan fingerprint density at radius 2 is 1.03 bits per heavy atom. The van der Waals surface area contributed by atoms with Crippen molar-refractivity contribution < 1.29 is 19.1 Å². The molecule has 0 heterocycles. The second-order valence-electron chi connectivity index (χ2n) is 8.08. The van der Waals surface area contributed by atoms with Crippen LogP contribution >= 0.6 is 0 Å². The van der Waals surface area contributed by atoms with Crippen molar-refractivity contribution in [2.45, 2.75) is 65.2 Å². The summed E-state index contributed by atoms with van der Waals surface area (Å²) >= 11 is 0. The highest BCUT2D eigenvalue weighted by molar-refractivity contribution is 5.92. The van der Waals surface area contributed by atoms with Gasteiger partial charge in [0.1, 0.15) is 11.5 Å². The third-order valence-corrected chi connectivity index (χ3v) is 5.50. The summed E-state index contributed by atoms with van der Waals surface area (Å²) in [5, 5.41) is 5.94. The molecule has 0 bridgehead atoms. The number of aryl methyl sites for hydroxylation is 2. The summed E-state index contributed by atoms with van der Waals surface area (Å²) in [6, 6.07) is 11.3. The molecule has 32 heavy (non-hydrogen) atoms. The van der Waals surface area contributed by atoms with Crippen molar-refractivity contribution in [2.24, 2.45) is 0 Å². The molecule has 0 aliphatic carbocycles. The van der Waals surface area contributed by atoms with Crippen molar-refractivity contribution in [1.82, 2.24) is 0 Å². The molecule has 0 radical (unpaired) electrons. The Bertz CT molecular complexity index is 822. The van der Waals surface area contributed by atoms with Crippen LogP contribution in [0.3, 0.4) is 0 Å². The molecule has 2 aromatic carbocycles. The zero-order valence-electron chi connectivity index (χ0n) is 19.8. The fraction of sp³-hybridized carbons (Fsp3) is 0.462. The average Bonchev–Trinajstić information content (AvgIpc) is 2.78. The molecule has 2 N–H and O–H groups in total. The molecule has 0 atom stereocenters. The van der Waals surface area contributed by atoms with Crippen LogP contribution in [0, 0.1) is 13.8 Å². The molecular formula is C26H36N2O4. The van der Waals surface area contributed by atoms with Crippen molar-refractivity contribution >= 4 is 23.2 Å². The van der Waals surface area contributed by atoms with Gasteiger partial charge in [-0.3, -0.25) is 9.59 Å². The largest absolute Gasteiger partial charge is 0.497 e. The minimum atomic E-state index is 0.0332. The van der Waals surface area contributed by atoms with Crippen LogP contribution in [0.5, 0.6) is 11.5 Å². The van der Waals surface area contributed by atoms with Gasteiger partial charge in [-0.1, -0.05) is 37.8 Å². The number of rotatable bonds is 13. The van der Waals surface area contributed by atoms with Gasteiger partial charge in [-0.05, 0) is 49.9 Å². The average molecular weight is 441 g/mol. The second kappa shape index (κ2) is 13.4. The molecule has 174 valence electrons. The molecule has 0 aliphatic heterocycles. The van der Waals surface area contributed by atoms with Gasteiger partial charge in [-0.15, -0.1) is 0 Å². The van der Waals surface area contributed by atoms with Gasteiger partial charge in [-0.2, -0.15) is 0 Å². The summed E-state index contributed by atoms with van der Waals surface area (Å²) in [7, 11) is 3.23. The molecule has 6 nitrogen and oxygen atoms in total. The third-order valence-electron chi connectivity index (χ3n) is 5.50. The van der Waals surface area contributed by atoms with Crippen molar-refractivity contribution in [3.8, 4) is 11.5 Å². The fourth-order valence-corrected chi connectivity index (χ4v) is 3.43. The summed E-state index contributed by atoms with van der Waals surface area (Å²) < 4.78 is 10.4. The first-order valence-corrected chi connectivity index (χ1v) is 11.3. The third kappa shape index (κ3) is 8.61. The summed E-state index contributed by atoms with van der Waals surface area (Å²) in [6.45, 7) is 3.93. The van der Waals surface area contributed by atoms with Gasteiger partial charge < -0.3 is 20.1 Å². The molecule has 0 fully saturated rings. The first kappa shape index (κ1) is 25.2. The lowest BCUT2D eigenvalue weighted by Gasteiger charge is -2.10. The van der Waals surface area contributed by atoms with Crippen LogP contribution in [-0.4, -0.2) is 26.0 Å². The smallest absolute Gasteiger partial charge is 0.224 e. The zero-order chi connectivity index (χ0) is 23.3. The number of benzene rings is 2. The van der Waals surface area contributed by atoms with Crippen LogP contribution in [0.4, 0.5) is 11.4 Å². The number of amides is 2. The Labute approximate surface area is 191 Å². The number of methoxy groups -OCH3 is 2. The molecule has 2 rings (SSSR count). The zero-order valence-corrected chi connectivity index (χ0v) is 19.8. The lowest BCUT2D eigenvalue weighted by atomic mass is 10.1. The molecule has 0 spiro atoms. The highest BCUT2D eigenvalue weighted by atomic mass is 16.5. The van der Waals surface area contributed by atoms with Crippen LogP contribution in [0.25, 0.3) is 0 Å². The molecule has 0 saturated heterocycles. The van der Waals surface area contributed by atoms with Crippen molar-refractivity contribution in [3.05, 3.63) is 47.5 Å². The van der Waals surface area contributed by atoms with Crippen molar-refractivity contribution in [1.29, 1.82) is 0 Å². The van der Waals surface area contributed by atoms with Gasteiger partial charge in [0.25, 0.3) is 0 Å². The number of ether oxygens (including phenoxy) is 2. The fourth-order valence-electron chi connectivity index (χ4n) is 3.43. The Hall–Kier alpha value is -3.02. The van der Waals surface area contributed by atoms with E-state index in [2.05, 4.69) is 10.6 Å². The summed E-state index contributed by atoms with van der Waals surface area (Å²) in [6.07, 6.45) is 6.93. The highest BCUT2D eigenvalue weighted by Gasteiger charge is 2.08. The minimum absolute atomic E-state index is 0.0332. The van der Waals surface area contributed by atoms with E-state index in [1.165, 1.54) is 0 Å². The van der Waals surface area contributed by atoms with Gasteiger partial charge in [0.2, 0.25) is 11.8 Å². The summed E-state index contributed by atoms with van der Waals surface area (Å²) in [4.78, 5) is 24.4. The van der Waals surface area contributed by atoms with Gasteiger partial charge >= 0.3 is 0 Å². The molecule has 6 heteroatoms. The normalized spacial score (nSPS) is 10.5. The van der Waals surface area contributed by atoms with Crippen molar-refractivity contribution in [3.63, 3.8) is 0 Å². The first-order valence-electron chi connectivity index (χ1n) is 11.3. The lowest BCUT2D eigenvalue weighted by Crippen LogP contribution is -2.12.